The van der Waals surface area contributed by atoms with Crippen molar-refractivity contribution in [1.82, 2.24) is 4.90 Å². The minimum absolute atomic E-state index is 0.362. The molecular weight excluding hydrogens is 254 g/mol. The van der Waals surface area contributed by atoms with Gasteiger partial charge in [0.25, 0.3) is 0 Å². The molecule has 1 fully saturated rings. The highest BCUT2D eigenvalue weighted by molar-refractivity contribution is 5.41. The van der Waals surface area contributed by atoms with E-state index in [0.29, 0.717) is 19.6 Å². The molecule has 0 radical (unpaired) electrons. The highest BCUT2D eigenvalue weighted by Crippen LogP contribution is 2.43. The van der Waals surface area contributed by atoms with Gasteiger partial charge >= 0.3 is 0 Å². The first-order valence-electron chi connectivity index (χ1n) is 7.06. The van der Waals surface area contributed by atoms with Crippen molar-refractivity contribution < 1.29 is 14.6 Å². The van der Waals surface area contributed by atoms with Gasteiger partial charge in [-0.05, 0) is 18.4 Å². The number of allylic oxidation sites excluding steroid dienone is 1. The van der Waals surface area contributed by atoms with Gasteiger partial charge in [-0.1, -0.05) is 30.3 Å². The van der Waals surface area contributed by atoms with Crippen LogP contribution in [0.3, 0.4) is 0 Å². The Balaban J connectivity index is 2.03. The van der Waals surface area contributed by atoms with Crippen LogP contribution in [0.25, 0.3) is 0 Å². The van der Waals surface area contributed by atoms with Crippen molar-refractivity contribution in [1.29, 1.82) is 0 Å². The molecule has 2 aliphatic rings. The molecule has 1 aliphatic carbocycles. The van der Waals surface area contributed by atoms with Gasteiger partial charge in [0, 0.05) is 25.4 Å². The molecule has 1 saturated heterocycles. The maximum absolute atomic E-state index is 11.2. The summed E-state index contributed by atoms with van der Waals surface area (Å²) in [5.41, 5.74) is 1.82. The van der Waals surface area contributed by atoms with Crippen molar-refractivity contribution in [2.24, 2.45) is 0 Å². The van der Waals surface area contributed by atoms with Gasteiger partial charge in [0.1, 0.15) is 5.60 Å². The monoisotopic (exact) mass is 275 g/mol. The second-order valence-corrected chi connectivity index (χ2v) is 5.54. The summed E-state index contributed by atoms with van der Waals surface area (Å²) in [6.45, 7) is 1.21. The minimum Gasteiger partial charge on any atom is -0.379 e. The van der Waals surface area contributed by atoms with E-state index < -0.39 is 5.60 Å². The molecule has 3 rings (SSSR count). The average Bonchev–Trinajstić information content (AvgIpc) is 3.08. The van der Waals surface area contributed by atoms with E-state index >= 15 is 0 Å². The standard InChI is InChI=1S/C16H21NO3/c1-17(2)14-8-5-9-16(14,18)13-7-4-3-6-12(13)15-19-10-11-20-15/h3-4,6-8,15,18H,5,9-11H2,1-2H3. The zero-order chi connectivity index (χ0) is 14.2. The molecule has 0 aromatic heterocycles. The van der Waals surface area contributed by atoms with Crippen molar-refractivity contribution in [2.45, 2.75) is 24.7 Å². The molecule has 1 N–H and O–H groups in total. The first-order chi connectivity index (χ1) is 9.63. The molecule has 1 aliphatic heterocycles. The lowest BCUT2D eigenvalue weighted by Crippen LogP contribution is -2.33. The molecular formula is C16H21NO3. The Bertz CT molecular complexity index is 520. The van der Waals surface area contributed by atoms with Gasteiger partial charge in [-0.25, -0.2) is 0 Å². The molecule has 1 aromatic carbocycles. The largest absolute Gasteiger partial charge is 0.379 e. The number of likely N-dealkylation sites (N-methyl/N-ethyl adjacent to an activating group) is 1. The topological polar surface area (TPSA) is 41.9 Å². The van der Waals surface area contributed by atoms with Crippen LogP contribution < -0.4 is 0 Å². The van der Waals surface area contributed by atoms with Crippen LogP contribution in [0, 0.1) is 0 Å². The smallest absolute Gasteiger partial charge is 0.184 e. The van der Waals surface area contributed by atoms with Crippen LogP contribution in [0.4, 0.5) is 0 Å². The van der Waals surface area contributed by atoms with E-state index in [0.717, 1.165) is 23.2 Å². The van der Waals surface area contributed by atoms with Gasteiger partial charge in [-0.3, -0.25) is 0 Å². The first-order valence-corrected chi connectivity index (χ1v) is 7.06. The van der Waals surface area contributed by atoms with E-state index in [2.05, 4.69) is 6.08 Å². The van der Waals surface area contributed by atoms with Gasteiger partial charge in [-0.15, -0.1) is 0 Å². The number of aliphatic hydroxyl groups is 1. The lowest BCUT2D eigenvalue weighted by Gasteiger charge is -2.33. The van der Waals surface area contributed by atoms with Crippen LogP contribution in [0.2, 0.25) is 0 Å². The van der Waals surface area contributed by atoms with E-state index in [1.807, 2.05) is 43.3 Å². The molecule has 0 saturated carbocycles. The zero-order valence-corrected chi connectivity index (χ0v) is 12.0. The van der Waals surface area contributed by atoms with Crippen LogP contribution >= 0.6 is 0 Å². The van der Waals surface area contributed by atoms with E-state index in [1.54, 1.807) is 0 Å². The molecule has 1 heterocycles. The summed E-state index contributed by atoms with van der Waals surface area (Å²) in [7, 11) is 3.93. The summed E-state index contributed by atoms with van der Waals surface area (Å²) in [5.74, 6) is 0. The van der Waals surface area contributed by atoms with E-state index in [-0.39, 0.29) is 6.29 Å². The summed E-state index contributed by atoms with van der Waals surface area (Å²) >= 11 is 0. The lowest BCUT2D eigenvalue weighted by molar-refractivity contribution is -0.0485. The minimum atomic E-state index is -0.949. The van der Waals surface area contributed by atoms with E-state index in [4.69, 9.17) is 9.47 Å². The molecule has 108 valence electrons. The normalized spacial score (nSPS) is 26.9. The predicted octanol–water partition coefficient (Wildman–Crippen LogP) is 2.16. The molecule has 4 nitrogen and oxygen atoms in total. The number of hydrogen-bond acceptors (Lipinski definition) is 4. The summed E-state index contributed by atoms with van der Waals surface area (Å²) in [4.78, 5) is 1.99. The molecule has 1 aromatic rings. The van der Waals surface area contributed by atoms with Crippen molar-refractivity contribution in [3.63, 3.8) is 0 Å². The molecule has 20 heavy (non-hydrogen) atoms. The highest BCUT2D eigenvalue weighted by Gasteiger charge is 2.41. The lowest BCUT2D eigenvalue weighted by atomic mass is 9.86. The maximum Gasteiger partial charge on any atom is 0.184 e. The van der Waals surface area contributed by atoms with Gasteiger partial charge in [0.05, 0.1) is 13.2 Å². The molecule has 0 bridgehead atoms. The summed E-state index contributed by atoms with van der Waals surface area (Å²) in [6, 6.07) is 7.87. The third-order valence-electron chi connectivity index (χ3n) is 4.03. The fourth-order valence-corrected chi connectivity index (χ4v) is 3.16. The van der Waals surface area contributed by atoms with Crippen molar-refractivity contribution in [3.05, 3.63) is 47.2 Å². The number of nitrogens with zero attached hydrogens (tertiary/aromatic N) is 1. The van der Waals surface area contributed by atoms with Crippen molar-refractivity contribution in [2.75, 3.05) is 27.3 Å². The van der Waals surface area contributed by atoms with Gasteiger partial charge < -0.3 is 19.5 Å². The second kappa shape index (κ2) is 5.20. The fourth-order valence-electron chi connectivity index (χ4n) is 3.16. The summed E-state index contributed by atoms with van der Waals surface area (Å²) in [6.07, 6.45) is 3.32. The van der Waals surface area contributed by atoms with Crippen LogP contribution in [-0.2, 0) is 15.1 Å². The van der Waals surface area contributed by atoms with Crippen molar-refractivity contribution in [3.8, 4) is 0 Å². The second-order valence-electron chi connectivity index (χ2n) is 5.54. The molecule has 4 heteroatoms. The van der Waals surface area contributed by atoms with Crippen LogP contribution in [0.5, 0.6) is 0 Å². The van der Waals surface area contributed by atoms with E-state index in [9.17, 15) is 5.11 Å². The Kier molecular flexibility index (Phi) is 3.54. The third kappa shape index (κ3) is 2.14. The van der Waals surface area contributed by atoms with E-state index in [1.165, 1.54) is 0 Å². The Morgan fingerprint density at radius 1 is 1.20 bits per heavy atom. The third-order valence-corrected chi connectivity index (χ3v) is 4.03. The molecule has 0 spiro atoms. The van der Waals surface area contributed by atoms with Crippen LogP contribution in [0.15, 0.2) is 36.0 Å². The average molecular weight is 275 g/mol. The molecule has 1 unspecified atom stereocenters. The highest BCUT2D eigenvalue weighted by atomic mass is 16.7. The quantitative estimate of drug-likeness (QED) is 0.918. The summed E-state index contributed by atoms with van der Waals surface area (Å²) < 4.78 is 11.2. The number of hydrogen-bond donors (Lipinski definition) is 1. The predicted molar refractivity (Wildman–Crippen MR) is 76.0 cm³/mol. The number of benzene rings is 1. The number of ether oxygens (including phenoxy) is 2. The van der Waals surface area contributed by atoms with Gasteiger partial charge in [-0.2, -0.15) is 0 Å². The molecule has 1 atom stereocenters. The Labute approximate surface area is 119 Å². The summed E-state index contributed by atoms with van der Waals surface area (Å²) in [5, 5.41) is 11.2. The van der Waals surface area contributed by atoms with Crippen LogP contribution in [-0.4, -0.2) is 37.3 Å². The fraction of sp³-hybridized carbons (Fsp3) is 0.500. The van der Waals surface area contributed by atoms with Gasteiger partial charge in [0.2, 0.25) is 0 Å². The van der Waals surface area contributed by atoms with Crippen LogP contribution in [0.1, 0.15) is 30.3 Å². The zero-order valence-electron chi connectivity index (χ0n) is 12.0. The van der Waals surface area contributed by atoms with Gasteiger partial charge in [0.15, 0.2) is 6.29 Å². The first kappa shape index (κ1) is 13.6. The number of rotatable bonds is 3. The Morgan fingerprint density at radius 2 is 1.90 bits per heavy atom. The molecule has 0 amide bonds. The Morgan fingerprint density at radius 3 is 2.60 bits per heavy atom. The maximum atomic E-state index is 11.2. The Hall–Kier alpha value is -1.36. The van der Waals surface area contributed by atoms with Crippen molar-refractivity contribution >= 4 is 0 Å². The SMILES string of the molecule is CN(C)C1=CCCC1(O)c1ccccc1C1OCCO1.